The molecular weight excluding hydrogens is 705 g/mol. The van der Waals surface area contributed by atoms with Crippen LogP contribution in [0.4, 0.5) is 17.1 Å². The molecule has 58 heavy (non-hydrogen) atoms. The van der Waals surface area contributed by atoms with E-state index in [1.807, 2.05) is 18.7 Å². The van der Waals surface area contributed by atoms with Gasteiger partial charge in [-0.3, -0.25) is 0 Å². The van der Waals surface area contributed by atoms with Gasteiger partial charge in [-0.15, -0.1) is 0 Å². The zero-order valence-corrected chi connectivity index (χ0v) is 32.7. The summed E-state index contributed by atoms with van der Waals surface area (Å²) in [5.41, 5.74) is 20.0. The van der Waals surface area contributed by atoms with Crippen molar-refractivity contribution in [2.75, 3.05) is 4.90 Å². The van der Waals surface area contributed by atoms with Crippen molar-refractivity contribution in [2.24, 2.45) is 0 Å². The number of nitrogens with zero attached hydrogens (tertiary/aromatic N) is 4. The average Bonchev–Trinajstić information content (AvgIpc) is 3.99. The van der Waals surface area contributed by atoms with Gasteiger partial charge in [-0.05, 0) is 130 Å². The third-order valence-corrected chi connectivity index (χ3v) is 12.4. The number of anilines is 3. The summed E-state index contributed by atoms with van der Waals surface area (Å²) < 4.78 is 4.54. The zero-order chi connectivity index (χ0) is 38.8. The summed E-state index contributed by atoms with van der Waals surface area (Å²) in [6, 6.07) is 62.3. The fourth-order valence-corrected chi connectivity index (χ4v) is 9.47. The molecule has 2 aromatic heterocycles. The summed E-state index contributed by atoms with van der Waals surface area (Å²) in [5, 5.41) is 1.26. The standard InChI is InChI=1S/C54H42N4/c1-54(2)50-16-10-9-15-46(50)47-28-26-45(35-51(47)54)57(42-22-17-38(18-23-42)37-11-5-3-6-12-37)43-24-19-39(20-25-43)40-21-29-52-48(33-40)49-34-44(56-32-31-55-36-56)27-30-53(49)58(52)41-13-7-4-8-14-41/h3-20,22-28,30-36H,21,29H2,1-2H3. The van der Waals surface area contributed by atoms with Crippen molar-refractivity contribution < 1.29 is 0 Å². The molecule has 0 fully saturated rings. The highest BCUT2D eigenvalue weighted by atomic mass is 15.1. The molecule has 0 atom stereocenters. The van der Waals surface area contributed by atoms with Crippen LogP contribution in [0.2, 0.25) is 0 Å². The molecular formula is C54H42N4. The van der Waals surface area contributed by atoms with Crippen LogP contribution in [-0.2, 0) is 11.8 Å². The number of rotatable bonds is 7. The van der Waals surface area contributed by atoms with Gasteiger partial charge in [0.2, 0.25) is 0 Å². The Morgan fingerprint density at radius 1 is 0.552 bits per heavy atom. The van der Waals surface area contributed by atoms with E-state index in [9.17, 15) is 0 Å². The molecule has 9 aromatic rings. The van der Waals surface area contributed by atoms with Crippen molar-refractivity contribution in [1.29, 1.82) is 0 Å². The quantitative estimate of drug-likeness (QED) is 0.162. The molecule has 0 aliphatic heterocycles. The van der Waals surface area contributed by atoms with Crippen LogP contribution >= 0.6 is 0 Å². The smallest absolute Gasteiger partial charge is 0.0991 e. The molecule has 7 aromatic carbocycles. The highest BCUT2D eigenvalue weighted by Crippen LogP contribution is 2.51. The summed E-state index contributed by atoms with van der Waals surface area (Å²) in [7, 11) is 0. The molecule has 4 heteroatoms. The molecule has 2 aliphatic carbocycles. The monoisotopic (exact) mass is 746 g/mol. The van der Waals surface area contributed by atoms with Crippen LogP contribution in [0.15, 0.2) is 189 Å². The third-order valence-electron chi connectivity index (χ3n) is 12.4. The van der Waals surface area contributed by atoms with Crippen molar-refractivity contribution in [1.82, 2.24) is 14.1 Å². The minimum absolute atomic E-state index is 0.0932. The first kappa shape index (κ1) is 34.1. The number of fused-ring (bicyclic) bond motifs is 6. The van der Waals surface area contributed by atoms with Crippen molar-refractivity contribution in [2.45, 2.75) is 32.1 Å². The van der Waals surface area contributed by atoms with E-state index in [0.29, 0.717) is 0 Å². The van der Waals surface area contributed by atoms with Gasteiger partial charge < -0.3 is 14.0 Å². The molecule has 0 saturated heterocycles. The van der Waals surface area contributed by atoms with E-state index >= 15 is 0 Å². The summed E-state index contributed by atoms with van der Waals surface area (Å²) in [5.74, 6) is 0. The topological polar surface area (TPSA) is 26.0 Å². The number of allylic oxidation sites excluding steroid dienone is 1. The Bertz CT molecular complexity index is 2990. The van der Waals surface area contributed by atoms with E-state index in [0.717, 1.165) is 35.6 Å². The maximum atomic E-state index is 4.32. The van der Waals surface area contributed by atoms with Crippen molar-refractivity contribution in [3.05, 3.63) is 217 Å². The van der Waals surface area contributed by atoms with E-state index in [1.165, 1.54) is 72.4 Å². The van der Waals surface area contributed by atoms with E-state index < -0.39 is 0 Å². The predicted octanol–water partition coefficient (Wildman–Crippen LogP) is 13.7. The Labute approximate surface area is 339 Å². The normalized spacial score (nSPS) is 13.8. The second-order valence-corrected chi connectivity index (χ2v) is 16.1. The first-order valence-corrected chi connectivity index (χ1v) is 20.2. The van der Waals surface area contributed by atoms with Crippen LogP contribution < -0.4 is 4.90 Å². The van der Waals surface area contributed by atoms with Crippen molar-refractivity contribution >= 4 is 39.6 Å². The molecule has 2 heterocycles. The maximum absolute atomic E-state index is 4.32. The minimum atomic E-state index is -0.0932. The fraction of sp³-hybridized carbons (Fsp3) is 0.0926. The van der Waals surface area contributed by atoms with Gasteiger partial charge in [-0.25, -0.2) is 4.98 Å². The van der Waals surface area contributed by atoms with E-state index in [4.69, 9.17) is 0 Å². The van der Waals surface area contributed by atoms with Crippen LogP contribution in [0.3, 0.4) is 0 Å². The SMILES string of the molecule is CC1(C)c2ccccc2-c2ccc(N(c3ccc(C4=Cc5c(n(-c6ccccc6)c6ccc(-n7ccnc7)cc56)CC4)cc3)c3ccc(-c4ccccc4)cc3)cc21. The molecule has 0 unspecified atom stereocenters. The largest absolute Gasteiger partial charge is 0.313 e. The van der Waals surface area contributed by atoms with Gasteiger partial charge >= 0.3 is 0 Å². The number of imidazole rings is 1. The van der Waals surface area contributed by atoms with Gasteiger partial charge in [0.05, 0.1) is 11.8 Å². The molecule has 0 bridgehead atoms. The van der Waals surface area contributed by atoms with Gasteiger partial charge in [0.1, 0.15) is 0 Å². The number of para-hydroxylation sites is 1. The molecule has 11 rings (SSSR count). The number of benzene rings is 7. The third kappa shape index (κ3) is 5.55. The van der Waals surface area contributed by atoms with Gasteiger partial charge in [0.15, 0.2) is 0 Å². The van der Waals surface area contributed by atoms with Gasteiger partial charge in [0.25, 0.3) is 0 Å². The summed E-state index contributed by atoms with van der Waals surface area (Å²) in [4.78, 5) is 6.73. The Kier molecular flexibility index (Phi) is 7.94. The lowest BCUT2D eigenvalue weighted by atomic mass is 9.82. The first-order chi connectivity index (χ1) is 28.5. The Morgan fingerprint density at radius 3 is 1.95 bits per heavy atom. The molecule has 0 radical (unpaired) electrons. The van der Waals surface area contributed by atoms with Crippen LogP contribution in [0.5, 0.6) is 0 Å². The summed E-state index contributed by atoms with van der Waals surface area (Å²) in [6.07, 6.45) is 10.1. The zero-order valence-electron chi connectivity index (χ0n) is 32.7. The van der Waals surface area contributed by atoms with E-state index in [1.54, 1.807) is 0 Å². The van der Waals surface area contributed by atoms with Crippen LogP contribution in [0.1, 0.15) is 48.2 Å². The van der Waals surface area contributed by atoms with Gasteiger partial charge in [-0.1, -0.05) is 117 Å². The average molecular weight is 747 g/mol. The van der Waals surface area contributed by atoms with Crippen LogP contribution in [-0.4, -0.2) is 14.1 Å². The molecule has 0 spiro atoms. The second kappa shape index (κ2) is 13.5. The Morgan fingerprint density at radius 2 is 1.21 bits per heavy atom. The molecule has 2 aliphatic rings. The first-order valence-electron chi connectivity index (χ1n) is 20.2. The predicted molar refractivity (Wildman–Crippen MR) is 241 cm³/mol. The lowest BCUT2D eigenvalue weighted by Crippen LogP contribution is -2.16. The molecule has 0 amide bonds. The molecule has 278 valence electrons. The van der Waals surface area contributed by atoms with E-state index in [2.05, 4.69) is 209 Å². The van der Waals surface area contributed by atoms with Crippen LogP contribution in [0.25, 0.3) is 56.2 Å². The van der Waals surface area contributed by atoms with Crippen molar-refractivity contribution in [3.63, 3.8) is 0 Å². The van der Waals surface area contributed by atoms with Gasteiger partial charge in [0, 0.05) is 62.9 Å². The summed E-state index contributed by atoms with van der Waals surface area (Å²) >= 11 is 0. The fourth-order valence-electron chi connectivity index (χ4n) is 9.47. The van der Waals surface area contributed by atoms with E-state index in [-0.39, 0.29) is 5.41 Å². The maximum Gasteiger partial charge on any atom is 0.0991 e. The molecule has 0 saturated carbocycles. The molecule has 4 nitrogen and oxygen atoms in total. The highest BCUT2D eigenvalue weighted by molar-refractivity contribution is 6.00. The highest BCUT2D eigenvalue weighted by Gasteiger charge is 2.35. The lowest BCUT2D eigenvalue weighted by Gasteiger charge is -2.28. The number of hydrogen-bond donors (Lipinski definition) is 0. The minimum Gasteiger partial charge on any atom is -0.313 e. The Hall–Kier alpha value is -7.17. The lowest BCUT2D eigenvalue weighted by molar-refractivity contribution is 0.660. The molecule has 0 N–H and O–H groups in total. The van der Waals surface area contributed by atoms with Crippen molar-refractivity contribution in [3.8, 4) is 33.6 Å². The Balaban J connectivity index is 1.00. The number of aromatic nitrogens is 3. The number of hydrogen-bond acceptors (Lipinski definition) is 2. The van der Waals surface area contributed by atoms with Gasteiger partial charge in [-0.2, -0.15) is 0 Å². The van der Waals surface area contributed by atoms with Crippen LogP contribution in [0, 0.1) is 0 Å². The second-order valence-electron chi connectivity index (χ2n) is 16.1. The summed E-state index contributed by atoms with van der Waals surface area (Å²) in [6.45, 7) is 4.71.